The molecule has 4 aromatic rings. The summed E-state index contributed by atoms with van der Waals surface area (Å²) < 4.78 is 28.7. The van der Waals surface area contributed by atoms with Gasteiger partial charge in [0, 0.05) is 12.4 Å². The normalized spacial score (nSPS) is 11.1. The van der Waals surface area contributed by atoms with Gasteiger partial charge in [0.05, 0.1) is 28.5 Å². The van der Waals surface area contributed by atoms with E-state index in [1.54, 1.807) is 91.3 Å². The van der Waals surface area contributed by atoms with Gasteiger partial charge in [0.25, 0.3) is 10.0 Å². The van der Waals surface area contributed by atoms with Gasteiger partial charge in [0.15, 0.2) is 0 Å². The summed E-state index contributed by atoms with van der Waals surface area (Å²) in [5.74, 6) is 0. The Balaban J connectivity index is 1.60. The third-order valence-corrected chi connectivity index (χ3v) is 7.22. The second-order valence-corrected chi connectivity index (χ2v) is 9.91. The predicted octanol–water partition coefficient (Wildman–Crippen LogP) is 4.59. The lowest BCUT2D eigenvalue weighted by atomic mass is 10.2. The molecule has 1 amide bonds. The van der Waals surface area contributed by atoms with Crippen LogP contribution in [0.1, 0.15) is 16.7 Å². The van der Waals surface area contributed by atoms with Crippen LogP contribution in [0.5, 0.6) is 0 Å². The number of sulfonamides is 1. The number of hydroxylamine groups is 2. The average Bonchev–Trinajstić information content (AvgIpc) is 2.89. The van der Waals surface area contributed by atoms with Crippen molar-refractivity contribution < 1.29 is 18.0 Å². The lowest BCUT2D eigenvalue weighted by molar-refractivity contribution is -0.181. The summed E-state index contributed by atoms with van der Waals surface area (Å²) in [7, 11) is -3.97. The fourth-order valence-corrected chi connectivity index (χ4v) is 5.08. The van der Waals surface area contributed by atoms with Crippen LogP contribution in [0.4, 0.5) is 17.1 Å². The maximum Gasteiger partial charge on any atom is 0.268 e. The zero-order valence-electron chi connectivity index (χ0n) is 19.7. The number of amides is 1. The number of hydrogen-bond acceptors (Lipinski definition) is 6. The van der Waals surface area contributed by atoms with E-state index in [9.17, 15) is 13.2 Å². The summed E-state index contributed by atoms with van der Waals surface area (Å²) in [4.78, 5) is 21.3. The number of carbonyl (C=O) groups excluding carboxylic acids is 1. The monoisotopic (exact) mass is 502 g/mol. The average molecular weight is 503 g/mol. The second-order valence-electron chi connectivity index (χ2n) is 8.12. The topological polar surface area (TPSA) is 106 Å². The summed E-state index contributed by atoms with van der Waals surface area (Å²) in [6.07, 6.45) is 3.92. The number of aromatic nitrogens is 1. The number of rotatable bonds is 10. The Labute approximate surface area is 210 Å². The van der Waals surface area contributed by atoms with E-state index in [0.717, 1.165) is 16.7 Å². The van der Waals surface area contributed by atoms with Gasteiger partial charge in [-0.05, 0) is 60.5 Å². The molecular weight excluding hydrogens is 476 g/mol. The maximum absolute atomic E-state index is 13.7. The molecular formula is C27H26N4O4S. The fourth-order valence-electron chi connectivity index (χ4n) is 3.57. The summed E-state index contributed by atoms with van der Waals surface area (Å²) in [5, 5.41) is 1.18. The number of anilines is 3. The van der Waals surface area contributed by atoms with Gasteiger partial charge in [-0.1, -0.05) is 48.0 Å². The van der Waals surface area contributed by atoms with E-state index < -0.39 is 10.0 Å². The van der Waals surface area contributed by atoms with Crippen molar-refractivity contribution in [2.24, 2.45) is 0 Å². The highest BCUT2D eigenvalue weighted by molar-refractivity contribution is 7.93. The van der Waals surface area contributed by atoms with E-state index in [1.807, 2.05) is 13.0 Å². The van der Waals surface area contributed by atoms with Gasteiger partial charge in [-0.25, -0.2) is 17.8 Å². The van der Waals surface area contributed by atoms with Crippen molar-refractivity contribution >= 4 is 33.5 Å². The number of nitrogens with zero attached hydrogens (tertiary/aromatic N) is 3. The summed E-state index contributed by atoms with van der Waals surface area (Å²) in [6.45, 7) is 2.27. The number of nitrogen functional groups attached to an aromatic ring is 1. The van der Waals surface area contributed by atoms with Crippen LogP contribution in [0.15, 0.2) is 102 Å². The molecule has 0 aliphatic rings. The number of pyridine rings is 1. The number of aryl methyl sites for hydroxylation is 1. The van der Waals surface area contributed by atoms with Crippen LogP contribution >= 0.6 is 0 Å². The Kier molecular flexibility index (Phi) is 7.62. The van der Waals surface area contributed by atoms with Crippen LogP contribution in [-0.4, -0.2) is 24.9 Å². The molecule has 9 heteroatoms. The molecule has 1 heterocycles. The van der Waals surface area contributed by atoms with Gasteiger partial charge >= 0.3 is 0 Å². The zero-order chi connectivity index (χ0) is 25.5. The molecule has 36 heavy (non-hydrogen) atoms. The second kappa shape index (κ2) is 11.0. The van der Waals surface area contributed by atoms with Crippen LogP contribution in [0.25, 0.3) is 0 Å². The standard InChI is InChI=1S/C27H26N4O4S/c1-21-8-14-25(15-9-21)36(33,34)31(27-7-3-2-6-26(27)28)24-12-10-22(11-13-24)18-30(20-32)35-19-23-5-4-16-29-17-23/h2-17,20H,18-19,28H2,1H3. The highest BCUT2D eigenvalue weighted by Crippen LogP contribution is 2.36. The highest BCUT2D eigenvalue weighted by atomic mass is 32.2. The number of para-hydroxylation sites is 2. The molecule has 3 aromatic carbocycles. The SMILES string of the molecule is Cc1ccc(S(=O)(=O)N(c2ccc(CN(C=O)OCc3cccnc3)cc2)c2ccccc2N)cc1. The highest BCUT2D eigenvalue weighted by Gasteiger charge is 2.28. The number of hydrogen-bond donors (Lipinski definition) is 1. The molecule has 0 aliphatic carbocycles. The molecule has 1 aromatic heterocycles. The third-order valence-electron chi connectivity index (χ3n) is 5.46. The van der Waals surface area contributed by atoms with Gasteiger partial charge in [-0.2, -0.15) is 0 Å². The van der Waals surface area contributed by atoms with E-state index >= 15 is 0 Å². The van der Waals surface area contributed by atoms with Gasteiger partial charge in [-0.15, -0.1) is 0 Å². The minimum Gasteiger partial charge on any atom is -0.397 e. The fraction of sp³-hybridized carbons (Fsp3) is 0.111. The van der Waals surface area contributed by atoms with Crippen molar-refractivity contribution in [3.8, 4) is 0 Å². The van der Waals surface area contributed by atoms with Crippen LogP contribution in [0.3, 0.4) is 0 Å². The number of carbonyl (C=O) groups is 1. The minimum atomic E-state index is -3.97. The van der Waals surface area contributed by atoms with Gasteiger partial charge < -0.3 is 5.73 Å². The van der Waals surface area contributed by atoms with Crippen molar-refractivity contribution in [3.05, 3.63) is 114 Å². The molecule has 0 fully saturated rings. The summed E-state index contributed by atoms with van der Waals surface area (Å²) in [5.41, 5.74) is 9.80. The van der Waals surface area contributed by atoms with Crippen LogP contribution < -0.4 is 10.0 Å². The Morgan fingerprint density at radius 3 is 2.28 bits per heavy atom. The third kappa shape index (κ3) is 5.70. The summed E-state index contributed by atoms with van der Waals surface area (Å²) >= 11 is 0. The molecule has 0 unspecified atom stereocenters. The Morgan fingerprint density at radius 2 is 1.64 bits per heavy atom. The van der Waals surface area contributed by atoms with Gasteiger partial charge in [0.2, 0.25) is 6.41 Å². The molecule has 0 bridgehead atoms. The molecule has 0 radical (unpaired) electrons. The smallest absolute Gasteiger partial charge is 0.268 e. The quantitative estimate of drug-likeness (QED) is 0.193. The molecule has 2 N–H and O–H groups in total. The van der Waals surface area contributed by atoms with E-state index in [2.05, 4.69) is 4.98 Å². The first-order valence-electron chi connectivity index (χ1n) is 11.2. The lowest BCUT2D eigenvalue weighted by Gasteiger charge is -2.26. The van der Waals surface area contributed by atoms with Crippen molar-refractivity contribution in [1.29, 1.82) is 0 Å². The van der Waals surface area contributed by atoms with Crippen LogP contribution in [-0.2, 0) is 32.8 Å². The molecule has 0 saturated heterocycles. The Morgan fingerprint density at radius 1 is 0.917 bits per heavy atom. The number of nitrogens with two attached hydrogens (primary N) is 1. The van der Waals surface area contributed by atoms with E-state index in [1.165, 1.54) is 9.37 Å². The zero-order valence-corrected chi connectivity index (χ0v) is 20.5. The molecule has 0 aliphatic heterocycles. The van der Waals surface area contributed by atoms with Gasteiger partial charge in [0.1, 0.15) is 6.61 Å². The van der Waals surface area contributed by atoms with E-state index in [4.69, 9.17) is 10.6 Å². The molecule has 0 saturated carbocycles. The van der Waals surface area contributed by atoms with Crippen molar-refractivity contribution in [3.63, 3.8) is 0 Å². The van der Waals surface area contributed by atoms with Gasteiger partial charge in [-0.3, -0.25) is 14.6 Å². The Hall–Kier alpha value is -4.21. The Bertz CT molecular complexity index is 1410. The van der Waals surface area contributed by atoms with Crippen molar-refractivity contribution in [2.45, 2.75) is 25.0 Å². The first-order valence-corrected chi connectivity index (χ1v) is 12.6. The molecule has 8 nitrogen and oxygen atoms in total. The lowest BCUT2D eigenvalue weighted by Crippen LogP contribution is -2.27. The first kappa shape index (κ1) is 24.9. The van der Waals surface area contributed by atoms with Crippen molar-refractivity contribution in [1.82, 2.24) is 10.0 Å². The molecule has 184 valence electrons. The largest absolute Gasteiger partial charge is 0.397 e. The van der Waals surface area contributed by atoms with Crippen LogP contribution in [0.2, 0.25) is 0 Å². The predicted molar refractivity (Wildman–Crippen MR) is 138 cm³/mol. The molecule has 0 spiro atoms. The number of benzene rings is 3. The summed E-state index contributed by atoms with van der Waals surface area (Å²) in [6, 6.07) is 23.9. The van der Waals surface area contributed by atoms with E-state index in [-0.39, 0.29) is 18.0 Å². The molecule has 4 rings (SSSR count). The van der Waals surface area contributed by atoms with E-state index in [0.29, 0.717) is 23.5 Å². The molecule has 0 atom stereocenters. The van der Waals surface area contributed by atoms with Crippen LogP contribution in [0, 0.1) is 6.92 Å². The minimum absolute atomic E-state index is 0.149. The van der Waals surface area contributed by atoms with Crippen molar-refractivity contribution in [2.75, 3.05) is 10.0 Å². The maximum atomic E-state index is 13.7. The first-order chi connectivity index (χ1) is 17.4.